The second-order valence-electron chi connectivity index (χ2n) is 7.67. The zero-order chi connectivity index (χ0) is 24.3. The molecule has 1 aliphatic heterocycles. The Hall–Kier alpha value is -3.83. The number of hydrogen-bond acceptors (Lipinski definition) is 6. The normalized spacial score (nSPS) is 15.6. The molecule has 4 heterocycles. The molecule has 1 aliphatic rings. The first-order valence-corrected chi connectivity index (χ1v) is 10.3. The molecule has 0 unspecified atom stereocenters. The Morgan fingerprint density at radius 1 is 0.971 bits per heavy atom. The number of halogens is 5. The topological polar surface area (TPSA) is 83.0 Å². The van der Waals surface area contributed by atoms with E-state index in [1.165, 1.54) is 30.7 Å². The number of nitrogens with zero attached hydrogens (tertiary/aromatic N) is 4. The first kappa shape index (κ1) is 23.3. The molecule has 1 fully saturated rings. The van der Waals surface area contributed by atoms with Crippen molar-refractivity contribution in [2.45, 2.75) is 24.9 Å². The van der Waals surface area contributed by atoms with E-state index in [0.29, 0.717) is 17.6 Å². The van der Waals surface area contributed by atoms with Gasteiger partial charge >= 0.3 is 6.18 Å². The smallest absolute Gasteiger partial charge is 0.369 e. The van der Waals surface area contributed by atoms with Crippen LogP contribution in [0.15, 0.2) is 55.1 Å². The summed E-state index contributed by atoms with van der Waals surface area (Å²) in [6, 6.07) is 6.55. The van der Waals surface area contributed by atoms with Crippen molar-refractivity contribution in [2.24, 2.45) is 0 Å². The molecule has 4 rings (SSSR count). The van der Waals surface area contributed by atoms with Gasteiger partial charge in [-0.05, 0) is 30.3 Å². The molecule has 34 heavy (non-hydrogen) atoms. The van der Waals surface area contributed by atoms with Crippen molar-refractivity contribution in [3.8, 4) is 0 Å². The second-order valence-corrected chi connectivity index (χ2v) is 7.67. The molecule has 3 aromatic heterocycles. The lowest BCUT2D eigenvalue weighted by atomic mass is 10.1. The second kappa shape index (κ2) is 9.20. The lowest BCUT2D eigenvalue weighted by Gasteiger charge is -2.34. The van der Waals surface area contributed by atoms with E-state index in [1.807, 2.05) is 0 Å². The van der Waals surface area contributed by atoms with Crippen LogP contribution in [0.3, 0.4) is 0 Å². The van der Waals surface area contributed by atoms with Crippen LogP contribution in [0.5, 0.6) is 0 Å². The average Bonchev–Trinajstić information content (AvgIpc) is 2.80. The number of rotatable bonds is 5. The third-order valence-electron chi connectivity index (χ3n) is 5.25. The molecule has 0 aliphatic carbocycles. The lowest BCUT2D eigenvalue weighted by Crippen LogP contribution is -2.39. The number of nitrogens with one attached hydrogen (secondary N) is 2. The van der Waals surface area contributed by atoms with Crippen LogP contribution in [0, 0.1) is 0 Å². The van der Waals surface area contributed by atoms with E-state index in [1.54, 1.807) is 11.0 Å². The number of anilines is 4. The van der Waals surface area contributed by atoms with Gasteiger partial charge in [-0.15, -0.1) is 0 Å². The molecular weight excluding hydrogens is 459 g/mol. The molecule has 12 heteroatoms. The first-order chi connectivity index (χ1) is 16.1. The molecule has 178 valence electrons. The molecule has 7 nitrogen and oxygen atoms in total. The van der Waals surface area contributed by atoms with Gasteiger partial charge in [-0.1, -0.05) is 0 Å². The van der Waals surface area contributed by atoms with Crippen molar-refractivity contribution >= 4 is 28.9 Å². The molecule has 0 bridgehead atoms. The van der Waals surface area contributed by atoms with Crippen molar-refractivity contribution in [1.29, 1.82) is 0 Å². The highest BCUT2D eigenvalue weighted by Gasteiger charge is 2.34. The molecule has 3 aromatic rings. The quantitative estimate of drug-likeness (QED) is 0.496. The molecule has 1 saturated heterocycles. The van der Waals surface area contributed by atoms with Gasteiger partial charge in [0.05, 0.1) is 23.1 Å². The van der Waals surface area contributed by atoms with E-state index in [0.717, 1.165) is 12.1 Å². The van der Waals surface area contributed by atoms with Gasteiger partial charge in [0.25, 0.3) is 11.8 Å². The molecule has 0 radical (unpaired) electrons. The largest absolute Gasteiger partial charge is 0.417 e. The van der Waals surface area contributed by atoms with E-state index in [9.17, 15) is 26.7 Å². The summed E-state index contributed by atoms with van der Waals surface area (Å²) in [6.07, 6.45) is -0.0463. The summed E-state index contributed by atoms with van der Waals surface area (Å²) in [5.74, 6) is -2.88. The van der Waals surface area contributed by atoms with Crippen LogP contribution >= 0.6 is 0 Å². The van der Waals surface area contributed by atoms with Crippen molar-refractivity contribution < 1.29 is 26.7 Å². The summed E-state index contributed by atoms with van der Waals surface area (Å²) in [4.78, 5) is 26.4. The number of aromatic nitrogens is 3. The standard InChI is InChI=1S/C22H19F5N6O/c23-21(24)5-9-33(10-6-21)17-4-7-28-13-16(17)31-20(34)14-3-8-29-19(11-14)32-18-2-1-15(12-30-18)22(25,26)27/h1-4,7-8,11-13H,5-6,9-10H2,(H,31,34)(H,29,30,32). The number of carbonyl (C=O) groups is 1. The van der Waals surface area contributed by atoms with Gasteiger partial charge in [0.1, 0.15) is 11.6 Å². The summed E-state index contributed by atoms with van der Waals surface area (Å²) >= 11 is 0. The molecular formula is C22H19F5N6O. The Morgan fingerprint density at radius 2 is 1.74 bits per heavy atom. The van der Waals surface area contributed by atoms with Gasteiger partial charge < -0.3 is 15.5 Å². The third-order valence-corrected chi connectivity index (χ3v) is 5.25. The maximum atomic E-state index is 13.5. The van der Waals surface area contributed by atoms with Gasteiger partial charge in [-0.25, -0.2) is 18.7 Å². The van der Waals surface area contributed by atoms with Crippen LogP contribution in [0.4, 0.5) is 45.0 Å². The van der Waals surface area contributed by atoms with Gasteiger partial charge in [-0.3, -0.25) is 9.78 Å². The van der Waals surface area contributed by atoms with E-state index in [-0.39, 0.29) is 43.1 Å². The highest BCUT2D eigenvalue weighted by molar-refractivity contribution is 6.06. The minimum Gasteiger partial charge on any atom is -0.369 e. The van der Waals surface area contributed by atoms with Crippen molar-refractivity contribution in [3.05, 3.63) is 66.2 Å². The minimum atomic E-state index is -4.50. The fourth-order valence-electron chi connectivity index (χ4n) is 3.44. The number of alkyl halides is 5. The monoisotopic (exact) mass is 478 g/mol. The molecule has 0 atom stereocenters. The Balaban J connectivity index is 1.46. The first-order valence-electron chi connectivity index (χ1n) is 10.3. The van der Waals surface area contributed by atoms with Crippen LogP contribution in [-0.4, -0.2) is 39.9 Å². The van der Waals surface area contributed by atoms with Crippen LogP contribution in [0.25, 0.3) is 0 Å². The summed E-state index contributed by atoms with van der Waals surface area (Å²) in [5.41, 5.74) is 0.280. The zero-order valence-corrected chi connectivity index (χ0v) is 17.6. The molecule has 0 aromatic carbocycles. The molecule has 1 amide bonds. The average molecular weight is 478 g/mol. The van der Waals surface area contributed by atoms with E-state index in [2.05, 4.69) is 25.6 Å². The summed E-state index contributed by atoms with van der Waals surface area (Å²) in [6.45, 7) is 0.284. The van der Waals surface area contributed by atoms with Crippen LogP contribution < -0.4 is 15.5 Å². The highest BCUT2D eigenvalue weighted by atomic mass is 19.4. The highest BCUT2D eigenvalue weighted by Crippen LogP contribution is 2.34. The van der Waals surface area contributed by atoms with Crippen LogP contribution in [0.2, 0.25) is 0 Å². The Morgan fingerprint density at radius 3 is 2.41 bits per heavy atom. The van der Waals surface area contributed by atoms with Crippen LogP contribution in [-0.2, 0) is 6.18 Å². The zero-order valence-electron chi connectivity index (χ0n) is 17.6. The fraction of sp³-hybridized carbons (Fsp3) is 0.273. The van der Waals surface area contributed by atoms with Crippen molar-refractivity contribution in [2.75, 3.05) is 28.6 Å². The number of hydrogen-bond donors (Lipinski definition) is 2. The van der Waals surface area contributed by atoms with Crippen LogP contribution in [0.1, 0.15) is 28.8 Å². The van der Waals surface area contributed by atoms with Gasteiger partial charge in [0.2, 0.25) is 0 Å². The Kier molecular flexibility index (Phi) is 6.31. The summed E-state index contributed by atoms with van der Waals surface area (Å²) in [7, 11) is 0. The molecule has 0 saturated carbocycles. The van der Waals surface area contributed by atoms with Crippen molar-refractivity contribution in [1.82, 2.24) is 15.0 Å². The predicted molar refractivity (Wildman–Crippen MR) is 115 cm³/mol. The Labute approximate surface area is 191 Å². The summed E-state index contributed by atoms with van der Waals surface area (Å²) < 4.78 is 65.1. The van der Waals surface area contributed by atoms with Gasteiger partial charge in [0.15, 0.2) is 0 Å². The minimum absolute atomic E-state index is 0.120. The maximum Gasteiger partial charge on any atom is 0.417 e. The number of piperidine rings is 1. The van der Waals surface area contributed by atoms with Gasteiger partial charge in [-0.2, -0.15) is 13.2 Å². The fourth-order valence-corrected chi connectivity index (χ4v) is 3.44. The maximum absolute atomic E-state index is 13.5. The number of carbonyl (C=O) groups excluding carboxylic acids is 1. The predicted octanol–water partition coefficient (Wildman–Crippen LogP) is 5.12. The molecule has 0 spiro atoms. The van der Waals surface area contributed by atoms with Gasteiger partial charge in [0, 0.05) is 50.1 Å². The third kappa shape index (κ3) is 5.56. The van der Waals surface area contributed by atoms with Crippen molar-refractivity contribution in [3.63, 3.8) is 0 Å². The SMILES string of the molecule is O=C(Nc1cnccc1N1CCC(F)(F)CC1)c1ccnc(Nc2ccc(C(F)(F)F)cn2)c1. The summed E-state index contributed by atoms with van der Waals surface area (Å²) in [5, 5.41) is 5.48. The number of amides is 1. The van der Waals surface area contributed by atoms with E-state index in [4.69, 9.17) is 0 Å². The van der Waals surface area contributed by atoms with E-state index < -0.39 is 23.6 Å². The Bertz CT molecular complexity index is 1160. The van der Waals surface area contributed by atoms with E-state index >= 15 is 0 Å². The lowest BCUT2D eigenvalue weighted by molar-refractivity contribution is -0.137. The molecule has 2 N–H and O–H groups in total. The number of pyridine rings is 3.